The summed E-state index contributed by atoms with van der Waals surface area (Å²) in [6.07, 6.45) is 0. The van der Waals surface area contributed by atoms with Gasteiger partial charge in [-0.15, -0.1) is 0 Å². The molecule has 0 aliphatic rings. The molecule has 15 aromatic carbocycles. The van der Waals surface area contributed by atoms with Gasteiger partial charge in [-0.3, -0.25) is 0 Å². The third-order valence-electron chi connectivity index (χ3n) is 17.4. The summed E-state index contributed by atoms with van der Waals surface area (Å²) in [6, 6.07) is 110. The van der Waals surface area contributed by atoms with Crippen LogP contribution in [0.1, 0.15) is 0 Å². The first-order valence-corrected chi connectivity index (χ1v) is 29.0. The van der Waals surface area contributed by atoms with Gasteiger partial charge < -0.3 is 18.9 Å². The van der Waals surface area contributed by atoms with E-state index in [9.17, 15) is 0 Å². The minimum absolute atomic E-state index is 0.318. The number of fused-ring (bicyclic) bond motifs is 1. The number of hydrogen-bond acceptors (Lipinski definition) is 2. The number of anilines is 6. The number of rotatable bonds is 11. The van der Waals surface area contributed by atoms with Crippen LogP contribution < -0.4 is 9.80 Å². The van der Waals surface area contributed by atoms with Crippen LogP contribution in [0.5, 0.6) is 0 Å². The minimum Gasteiger partial charge on any atom is -0.310 e. The molecular weight excluding hydrogens is 1040 g/mol. The van der Waals surface area contributed by atoms with Crippen LogP contribution in [0.15, 0.2) is 309 Å². The second-order valence-electron chi connectivity index (χ2n) is 22.2. The Morgan fingerprint density at radius 2 is 0.682 bits per heavy atom. The summed E-state index contributed by atoms with van der Waals surface area (Å²) in [5, 5.41) is 11.8. The van der Waals surface area contributed by atoms with Gasteiger partial charge in [-0.1, -0.05) is 200 Å². The Bertz CT molecular complexity index is 5340. The van der Waals surface area contributed by atoms with Crippen LogP contribution in [0.4, 0.5) is 38.5 Å². The van der Waals surface area contributed by atoms with E-state index in [0.717, 1.165) is 100 Å². The van der Waals surface area contributed by atoms with E-state index in [1.54, 1.807) is 6.07 Å². The van der Waals surface area contributed by atoms with E-state index in [4.69, 9.17) is 0 Å². The van der Waals surface area contributed by atoms with Crippen molar-refractivity contribution in [3.05, 3.63) is 315 Å². The Morgan fingerprint density at radius 1 is 0.259 bits per heavy atom. The average Bonchev–Trinajstić information content (AvgIpc) is 2.23. The second kappa shape index (κ2) is 19.4. The Morgan fingerprint density at radius 3 is 1.24 bits per heavy atom. The van der Waals surface area contributed by atoms with Crippen LogP contribution >= 0.6 is 0 Å². The molecule has 17 rings (SSSR count). The third-order valence-corrected chi connectivity index (χ3v) is 17.4. The van der Waals surface area contributed by atoms with Gasteiger partial charge in [-0.25, -0.2) is 4.39 Å². The van der Waals surface area contributed by atoms with Crippen LogP contribution in [0, 0.1) is 5.82 Å². The zero-order chi connectivity index (χ0) is 56.1. The summed E-state index contributed by atoms with van der Waals surface area (Å²) in [5.41, 5.74) is 17.8. The number of nitrogens with zero attached hydrogens (tertiary/aromatic N) is 4. The molecule has 5 heteroatoms. The largest absolute Gasteiger partial charge is 0.310 e. The van der Waals surface area contributed by atoms with E-state index in [-0.39, 0.29) is 5.82 Å². The second-order valence-corrected chi connectivity index (χ2v) is 22.2. The van der Waals surface area contributed by atoms with Crippen molar-refractivity contribution >= 4 is 110 Å². The SMILES string of the molecule is Fc1cc(-c2ccccc2)cc(-c2ccccc2)c1N(c1ccc(-c2ccc(N(c3ccc4ccccc4c3)c3ccc4c5c3ccc3cccc(c35)n4-c3ccccc3)cc2)cc1)c1ccc2c3c1ccc1cccc(c13)n2-c1ccccc1. The molecule has 4 nitrogen and oxygen atoms in total. The van der Waals surface area contributed by atoms with Gasteiger partial charge in [0.25, 0.3) is 0 Å². The zero-order valence-electron chi connectivity index (χ0n) is 46.1. The molecule has 85 heavy (non-hydrogen) atoms. The molecule has 0 radical (unpaired) electrons. The zero-order valence-corrected chi connectivity index (χ0v) is 46.1. The van der Waals surface area contributed by atoms with Crippen LogP contribution in [0.25, 0.3) is 121 Å². The fourth-order valence-electron chi connectivity index (χ4n) is 13.6. The number of aromatic nitrogens is 2. The molecule has 0 saturated carbocycles. The molecule has 0 fully saturated rings. The van der Waals surface area contributed by atoms with E-state index in [1.807, 2.05) is 48.5 Å². The van der Waals surface area contributed by atoms with E-state index >= 15 is 4.39 Å². The monoisotopic (exact) mass is 1090 g/mol. The van der Waals surface area contributed by atoms with Crippen molar-refractivity contribution in [1.82, 2.24) is 9.13 Å². The van der Waals surface area contributed by atoms with Gasteiger partial charge in [0.2, 0.25) is 0 Å². The van der Waals surface area contributed by atoms with E-state index < -0.39 is 0 Å². The van der Waals surface area contributed by atoms with Gasteiger partial charge in [0.1, 0.15) is 5.82 Å². The van der Waals surface area contributed by atoms with Gasteiger partial charge in [0.05, 0.1) is 39.1 Å². The Labute approximate surface area is 490 Å². The van der Waals surface area contributed by atoms with E-state index in [0.29, 0.717) is 5.69 Å². The van der Waals surface area contributed by atoms with Crippen molar-refractivity contribution in [3.8, 4) is 44.8 Å². The molecule has 0 atom stereocenters. The molecule has 17 aromatic rings. The van der Waals surface area contributed by atoms with Crippen molar-refractivity contribution in [1.29, 1.82) is 0 Å². The van der Waals surface area contributed by atoms with Crippen molar-refractivity contribution in [2.75, 3.05) is 9.80 Å². The van der Waals surface area contributed by atoms with Crippen molar-refractivity contribution in [2.45, 2.75) is 0 Å². The highest BCUT2D eigenvalue weighted by Gasteiger charge is 2.28. The molecule has 398 valence electrons. The van der Waals surface area contributed by atoms with Crippen molar-refractivity contribution in [2.24, 2.45) is 0 Å². The fraction of sp³-hybridized carbons (Fsp3) is 0. The molecular formula is C80H51FN4. The quantitative estimate of drug-likeness (QED) is 0.120. The summed E-state index contributed by atoms with van der Waals surface area (Å²) < 4.78 is 22.9. The fourth-order valence-corrected chi connectivity index (χ4v) is 13.6. The number of benzene rings is 15. The molecule has 0 spiro atoms. The molecule has 0 aliphatic carbocycles. The molecule has 0 saturated heterocycles. The lowest BCUT2D eigenvalue weighted by molar-refractivity contribution is 0.630. The number of halogens is 1. The highest BCUT2D eigenvalue weighted by atomic mass is 19.1. The Kier molecular flexibility index (Phi) is 11.1. The van der Waals surface area contributed by atoms with Gasteiger partial charge in [-0.05, 0) is 159 Å². The highest BCUT2D eigenvalue weighted by molar-refractivity contribution is 6.28. The van der Waals surface area contributed by atoms with Crippen molar-refractivity contribution < 1.29 is 4.39 Å². The van der Waals surface area contributed by atoms with Gasteiger partial charge in [-0.2, -0.15) is 0 Å². The molecule has 0 aliphatic heterocycles. The predicted octanol–water partition coefficient (Wildman–Crippen LogP) is 22.3. The maximum absolute atomic E-state index is 18.1. The van der Waals surface area contributed by atoms with Gasteiger partial charge in [0.15, 0.2) is 0 Å². The van der Waals surface area contributed by atoms with E-state index in [2.05, 4.69) is 274 Å². The summed E-state index contributed by atoms with van der Waals surface area (Å²) in [7, 11) is 0. The molecule has 2 heterocycles. The maximum Gasteiger partial charge on any atom is 0.148 e. The van der Waals surface area contributed by atoms with Crippen LogP contribution in [-0.2, 0) is 0 Å². The molecule has 2 aromatic heterocycles. The lowest BCUT2D eigenvalue weighted by Gasteiger charge is -2.30. The lowest BCUT2D eigenvalue weighted by Crippen LogP contribution is -2.14. The maximum atomic E-state index is 18.1. The summed E-state index contributed by atoms with van der Waals surface area (Å²) in [4.78, 5) is 4.56. The normalized spacial score (nSPS) is 11.8. The first-order chi connectivity index (χ1) is 42.1. The van der Waals surface area contributed by atoms with Crippen LogP contribution in [-0.4, -0.2) is 9.13 Å². The molecule has 0 unspecified atom stereocenters. The highest BCUT2D eigenvalue weighted by Crippen LogP contribution is 2.51. The summed E-state index contributed by atoms with van der Waals surface area (Å²) >= 11 is 0. The third kappa shape index (κ3) is 7.75. The first kappa shape index (κ1) is 48.4. The molecule has 0 bridgehead atoms. The van der Waals surface area contributed by atoms with E-state index in [1.165, 1.54) is 48.7 Å². The number of hydrogen-bond donors (Lipinski definition) is 0. The Hall–Kier alpha value is -11.3. The Balaban J connectivity index is 0.821. The van der Waals surface area contributed by atoms with Crippen LogP contribution in [0.2, 0.25) is 0 Å². The average molecular weight is 1090 g/mol. The smallest absolute Gasteiger partial charge is 0.148 e. The van der Waals surface area contributed by atoms with Gasteiger partial charge >= 0.3 is 0 Å². The minimum atomic E-state index is -0.318. The number of para-hydroxylation sites is 2. The summed E-state index contributed by atoms with van der Waals surface area (Å²) in [5.74, 6) is -0.318. The standard InChI is InChI=1S/C80H51FN4/c81-69-51-60(52-17-5-1-6-18-52)50-68(56-20-7-2-8-21-56)80(69)85(71-46-48-75-79-67(71)44-37-58-24-16-30-73(77(58)79)84(75)62-27-11-4-12-28-62)64-40-33-55(34-41-64)54-31-38-63(39-32-54)82(65-42-35-53-19-13-14-22-59(53)49-65)70-45-47-74-78-66(70)43-36-57-23-15-29-72(76(57)78)83(74)61-25-9-3-10-26-61/h1-51H. The van der Waals surface area contributed by atoms with Gasteiger partial charge in [0, 0.05) is 66.3 Å². The molecule has 0 N–H and O–H groups in total. The van der Waals surface area contributed by atoms with Crippen LogP contribution in [0.3, 0.4) is 0 Å². The first-order valence-electron chi connectivity index (χ1n) is 29.0. The topological polar surface area (TPSA) is 16.3 Å². The molecule has 0 amide bonds. The summed E-state index contributed by atoms with van der Waals surface area (Å²) in [6.45, 7) is 0. The van der Waals surface area contributed by atoms with Crippen molar-refractivity contribution in [3.63, 3.8) is 0 Å². The lowest BCUT2D eigenvalue weighted by atomic mass is 9.94. The predicted molar refractivity (Wildman–Crippen MR) is 356 cm³/mol.